The van der Waals surface area contributed by atoms with Crippen LogP contribution in [0.4, 0.5) is 0 Å². The molecular formula is C12H9ClN2O4. The number of hydrogen-bond donors (Lipinski definition) is 0. The minimum absolute atomic E-state index is 0.115. The number of nitrogens with zero attached hydrogens (tertiary/aromatic N) is 2. The number of carbonyl (C=O) groups excluding carboxylic acids is 1. The zero-order chi connectivity index (χ0) is 13.7. The van der Waals surface area contributed by atoms with Crippen LogP contribution in [0.25, 0.3) is 0 Å². The van der Waals surface area contributed by atoms with Crippen LogP contribution in [0.3, 0.4) is 0 Å². The molecule has 2 aromatic rings. The fourth-order valence-corrected chi connectivity index (χ4v) is 1.60. The van der Waals surface area contributed by atoms with Gasteiger partial charge in [-0.25, -0.2) is 0 Å². The number of rotatable bonds is 5. The lowest BCUT2D eigenvalue weighted by Crippen LogP contribution is -1.94. The summed E-state index contributed by atoms with van der Waals surface area (Å²) in [6.45, 7) is 0.417. The second kappa shape index (κ2) is 6.21. The summed E-state index contributed by atoms with van der Waals surface area (Å²) in [5.74, 6) is -0.639. The molecule has 0 aliphatic rings. The standard InChI is InChI=1S/C12H9ClN2O4/c13-10-4-2-1-3-8(10)6-18-7-9-5-11(15-19-9)12(16)14-17/h1-5H,6-7H2. The molecule has 19 heavy (non-hydrogen) atoms. The third-order valence-corrected chi connectivity index (χ3v) is 2.69. The number of aromatic nitrogens is 1. The van der Waals surface area contributed by atoms with Crippen molar-refractivity contribution in [1.82, 2.24) is 5.16 Å². The number of hydrogen-bond acceptors (Lipinski definition) is 5. The van der Waals surface area contributed by atoms with E-state index >= 15 is 0 Å². The molecule has 1 aromatic carbocycles. The third kappa shape index (κ3) is 3.46. The second-order valence-electron chi connectivity index (χ2n) is 3.66. The van der Waals surface area contributed by atoms with Gasteiger partial charge in [0, 0.05) is 16.3 Å². The van der Waals surface area contributed by atoms with Gasteiger partial charge in [0.05, 0.1) is 6.61 Å². The van der Waals surface area contributed by atoms with Crippen LogP contribution >= 0.6 is 11.6 Å². The monoisotopic (exact) mass is 280 g/mol. The third-order valence-electron chi connectivity index (χ3n) is 2.32. The maximum Gasteiger partial charge on any atom is 0.338 e. The molecule has 6 nitrogen and oxygen atoms in total. The molecule has 0 radical (unpaired) electrons. The molecule has 0 fully saturated rings. The van der Waals surface area contributed by atoms with Gasteiger partial charge in [-0.3, -0.25) is 4.79 Å². The Morgan fingerprint density at radius 1 is 1.37 bits per heavy atom. The van der Waals surface area contributed by atoms with Crippen molar-refractivity contribution in [2.75, 3.05) is 0 Å². The molecule has 1 aromatic heterocycles. The smallest absolute Gasteiger partial charge is 0.338 e. The quantitative estimate of drug-likeness (QED) is 0.786. The summed E-state index contributed by atoms with van der Waals surface area (Å²) in [4.78, 5) is 20.9. The first-order valence-electron chi connectivity index (χ1n) is 5.35. The Morgan fingerprint density at radius 2 is 2.16 bits per heavy atom. The predicted octanol–water partition coefficient (Wildman–Crippen LogP) is 2.95. The average Bonchev–Trinajstić information content (AvgIpc) is 2.89. The Hall–Kier alpha value is -2.05. The number of benzene rings is 1. The summed E-state index contributed by atoms with van der Waals surface area (Å²) in [7, 11) is 0. The first kappa shape index (κ1) is 13.4. The Bertz CT molecular complexity index is 597. The highest BCUT2D eigenvalue weighted by Crippen LogP contribution is 2.16. The van der Waals surface area contributed by atoms with E-state index in [0.717, 1.165) is 5.56 Å². The van der Waals surface area contributed by atoms with Gasteiger partial charge in [0.2, 0.25) is 0 Å². The minimum Gasteiger partial charge on any atom is -0.369 e. The molecule has 2 rings (SSSR count). The van der Waals surface area contributed by atoms with Crippen molar-refractivity contribution >= 4 is 17.5 Å². The van der Waals surface area contributed by atoms with Crippen LogP contribution in [0.5, 0.6) is 0 Å². The van der Waals surface area contributed by atoms with Crippen LogP contribution in [0, 0.1) is 4.91 Å². The molecule has 0 aliphatic heterocycles. The Morgan fingerprint density at radius 3 is 2.89 bits per heavy atom. The topological polar surface area (TPSA) is 81.8 Å². The maximum absolute atomic E-state index is 10.9. The number of halogens is 1. The van der Waals surface area contributed by atoms with Crippen LogP contribution in [0.2, 0.25) is 5.02 Å². The van der Waals surface area contributed by atoms with Gasteiger partial charge in [-0.1, -0.05) is 35.0 Å². The van der Waals surface area contributed by atoms with Gasteiger partial charge < -0.3 is 9.26 Å². The molecule has 0 spiro atoms. The highest BCUT2D eigenvalue weighted by atomic mass is 35.5. The molecular weight excluding hydrogens is 272 g/mol. The van der Waals surface area contributed by atoms with Crippen LogP contribution in [0.1, 0.15) is 21.8 Å². The van der Waals surface area contributed by atoms with Crippen molar-refractivity contribution in [2.24, 2.45) is 5.18 Å². The second-order valence-corrected chi connectivity index (χ2v) is 4.07. The summed E-state index contributed by atoms with van der Waals surface area (Å²) < 4.78 is 10.2. The van der Waals surface area contributed by atoms with Gasteiger partial charge >= 0.3 is 5.91 Å². The molecule has 1 heterocycles. The van der Waals surface area contributed by atoms with Crippen molar-refractivity contribution in [3.05, 3.63) is 57.3 Å². The van der Waals surface area contributed by atoms with E-state index < -0.39 is 5.91 Å². The van der Waals surface area contributed by atoms with Crippen molar-refractivity contribution in [3.63, 3.8) is 0 Å². The SMILES string of the molecule is O=NC(=O)c1cc(COCc2ccccc2Cl)on1. The fourth-order valence-electron chi connectivity index (χ4n) is 1.41. The predicted molar refractivity (Wildman–Crippen MR) is 66.6 cm³/mol. The van der Waals surface area contributed by atoms with Gasteiger partial charge in [0.25, 0.3) is 0 Å². The molecule has 0 atom stereocenters. The van der Waals surface area contributed by atoms with Crippen LogP contribution in [-0.4, -0.2) is 11.1 Å². The summed E-state index contributed by atoms with van der Waals surface area (Å²) in [6.07, 6.45) is 0. The van der Waals surface area contributed by atoms with Crippen LogP contribution < -0.4 is 0 Å². The average molecular weight is 281 g/mol. The van der Waals surface area contributed by atoms with E-state index in [1.807, 2.05) is 18.2 Å². The van der Waals surface area contributed by atoms with Crippen LogP contribution in [0.15, 0.2) is 40.0 Å². The van der Waals surface area contributed by atoms with Gasteiger partial charge in [0.1, 0.15) is 6.61 Å². The van der Waals surface area contributed by atoms with E-state index in [9.17, 15) is 9.70 Å². The van der Waals surface area contributed by atoms with Gasteiger partial charge in [0.15, 0.2) is 11.5 Å². The van der Waals surface area contributed by atoms with Crippen molar-refractivity contribution in [3.8, 4) is 0 Å². The molecule has 0 unspecified atom stereocenters. The molecule has 7 heteroatoms. The largest absolute Gasteiger partial charge is 0.369 e. The molecule has 0 aliphatic carbocycles. The number of carbonyl (C=O) groups is 1. The maximum atomic E-state index is 10.9. The van der Waals surface area contributed by atoms with E-state index in [4.69, 9.17) is 20.9 Å². The van der Waals surface area contributed by atoms with Gasteiger partial charge in [-0.15, -0.1) is 4.91 Å². The highest BCUT2D eigenvalue weighted by molar-refractivity contribution is 6.31. The zero-order valence-corrected chi connectivity index (χ0v) is 10.5. The lowest BCUT2D eigenvalue weighted by Gasteiger charge is -2.03. The van der Waals surface area contributed by atoms with E-state index in [-0.39, 0.29) is 12.3 Å². The molecule has 0 saturated heterocycles. The normalized spacial score (nSPS) is 10.4. The van der Waals surface area contributed by atoms with E-state index in [0.29, 0.717) is 17.4 Å². The van der Waals surface area contributed by atoms with Crippen molar-refractivity contribution in [2.45, 2.75) is 13.2 Å². The van der Waals surface area contributed by atoms with Gasteiger partial charge in [-0.2, -0.15) is 0 Å². The Kier molecular flexibility index (Phi) is 4.38. The van der Waals surface area contributed by atoms with Crippen molar-refractivity contribution in [1.29, 1.82) is 0 Å². The summed E-state index contributed by atoms with van der Waals surface area (Å²) in [5.41, 5.74) is 0.709. The summed E-state index contributed by atoms with van der Waals surface area (Å²) in [6, 6.07) is 8.60. The molecule has 0 saturated carbocycles. The molecule has 98 valence electrons. The number of amides is 1. The first-order chi connectivity index (χ1) is 9.20. The number of ether oxygens (including phenoxy) is 1. The van der Waals surface area contributed by atoms with Crippen molar-refractivity contribution < 1.29 is 14.1 Å². The zero-order valence-electron chi connectivity index (χ0n) is 9.71. The fraction of sp³-hybridized carbons (Fsp3) is 0.167. The van der Waals surface area contributed by atoms with Gasteiger partial charge in [-0.05, 0) is 11.6 Å². The van der Waals surface area contributed by atoms with Crippen LogP contribution in [-0.2, 0) is 18.0 Å². The Labute approximate surface area is 113 Å². The summed E-state index contributed by atoms with van der Waals surface area (Å²) in [5, 5.41) is 6.26. The van der Waals surface area contributed by atoms with E-state index in [2.05, 4.69) is 10.3 Å². The first-order valence-corrected chi connectivity index (χ1v) is 5.73. The Balaban J connectivity index is 1.89. The van der Waals surface area contributed by atoms with E-state index in [1.165, 1.54) is 6.07 Å². The summed E-state index contributed by atoms with van der Waals surface area (Å²) >= 11 is 5.96. The molecule has 0 bridgehead atoms. The lowest BCUT2D eigenvalue weighted by atomic mass is 10.2. The molecule has 0 N–H and O–H groups in total. The molecule has 1 amide bonds. The minimum atomic E-state index is -0.971. The lowest BCUT2D eigenvalue weighted by molar-refractivity contribution is 0.0881. The van der Waals surface area contributed by atoms with E-state index in [1.54, 1.807) is 6.07 Å². The highest BCUT2D eigenvalue weighted by Gasteiger charge is 2.12. The number of nitroso groups, excluding NO2 is 1.